The van der Waals surface area contributed by atoms with Gasteiger partial charge in [-0.15, -0.1) is 0 Å². The first-order valence-corrected chi connectivity index (χ1v) is 13.7. The molecule has 43 heavy (non-hydrogen) atoms. The molecule has 3 fully saturated rings. The van der Waals surface area contributed by atoms with Crippen molar-refractivity contribution in [1.82, 2.24) is 4.57 Å². The number of pyridine rings is 1. The fraction of sp³-hybridized carbons (Fsp3) is 0.414. The summed E-state index contributed by atoms with van der Waals surface area (Å²) in [6, 6.07) is 4.10. The van der Waals surface area contributed by atoms with E-state index in [1.54, 1.807) is 9.47 Å². The number of carboxylic acid groups (broad SMARTS) is 1. The number of aliphatic hydroxyl groups excluding tert-OH is 1. The van der Waals surface area contributed by atoms with E-state index in [9.17, 15) is 34.1 Å². The van der Waals surface area contributed by atoms with Gasteiger partial charge in [0, 0.05) is 24.8 Å². The minimum atomic E-state index is -1.51. The van der Waals surface area contributed by atoms with Crippen LogP contribution < -0.4 is 24.7 Å². The van der Waals surface area contributed by atoms with Gasteiger partial charge in [0.15, 0.2) is 23.1 Å². The minimum Gasteiger partial charge on any atom is -0.492 e. The molecule has 1 aliphatic carbocycles. The number of amides is 1. The number of aromatic carboxylic acids is 1. The zero-order chi connectivity index (χ0) is 30.6. The quantitative estimate of drug-likeness (QED) is 0.334. The number of aliphatic hydroxyl groups is 2. The molecule has 12 nitrogen and oxygen atoms in total. The average molecular weight is 602 g/mol. The van der Waals surface area contributed by atoms with Gasteiger partial charge in [-0.2, -0.15) is 0 Å². The van der Waals surface area contributed by atoms with Crippen molar-refractivity contribution >= 4 is 34.3 Å². The predicted octanol–water partition coefficient (Wildman–Crippen LogP) is 2.66. The normalized spacial score (nSPS) is 21.9. The summed E-state index contributed by atoms with van der Waals surface area (Å²) in [6.45, 7) is -0.648. The van der Waals surface area contributed by atoms with Gasteiger partial charge < -0.3 is 39.0 Å². The average Bonchev–Trinajstić information content (AvgIpc) is 3.65. The van der Waals surface area contributed by atoms with Crippen molar-refractivity contribution in [3.05, 3.63) is 57.9 Å². The number of anilines is 2. The van der Waals surface area contributed by atoms with Gasteiger partial charge in [-0.1, -0.05) is 0 Å². The lowest BCUT2D eigenvalue weighted by molar-refractivity contribution is 0.0133. The molecule has 0 bridgehead atoms. The van der Waals surface area contributed by atoms with Gasteiger partial charge in [0.1, 0.15) is 30.1 Å². The van der Waals surface area contributed by atoms with Crippen molar-refractivity contribution in [1.29, 1.82) is 0 Å². The van der Waals surface area contributed by atoms with E-state index >= 15 is 4.39 Å². The number of hydrogen-bond acceptors (Lipinski definition) is 9. The first-order chi connectivity index (χ1) is 20.5. The molecular formula is C29H29F2N3O9. The van der Waals surface area contributed by atoms with Crippen LogP contribution in [0.4, 0.5) is 25.0 Å². The number of rotatable bonds is 9. The van der Waals surface area contributed by atoms with Crippen LogP contribution in [0.15, 0.2) is 35.3 Å². The van der Waals surface area contributed by atoms with Crippen LogP contribution in [0.1, 0.15) is 35.7 Å². The number of hydrogen-bond donors (Lipinski definition) is 3. The monoisotopic (exact) mass is 601 g/mol. The van der Waals surface area contributed by atoms with E-state index in [0.29, 0.717) is 0 Å². The lowest BCUT2D eigenvalue weighted by Gasteiger charge is -2.27. The number of nitrogens with zero attached hydrogens (tertiary/aromatic N) is 3. The molecule has 14 heteroatoms. The Morgan fingerprint density at radius 2 is 1.95 bits per heavy atom. The molecule has 1 amide bonds. The SMILES string of the molecule is COc1c(N2CC[C@](O)(COc3ccc(N4C(=O)OC[C@@H]4CO)cc3F)C2)c(F)cc2c(=O)c(C(=O)O)cn(C3CC3)c12. The van der Waals surface area contributed by atoms with Crippen molar-refractivity contribution in [2.24, 2.45) is 0 Å². The van der Waals surface area contributed by atoms with Crippen molar-refractivity contribution < 1.29 is 47.9 Å². The Kier molecular flexibility index (Phi) is 7.13. The van der Waals surface area contributed by atoms with Crippen molar-refractivity contribution in [3.63, 3.8) is 0 Å². The predicted molar refractivity (Wildman–Crippen MR) is 148 cm³/mol. The zero-order valence-corrected chi connectivity index (χ0v) is 23.1. The highest BCUT2D eigenvalue weighted by atomic mass is 19.1. The Hall–Kier alpha value is -4.43. The van der Waals surface area contributed by atoms with Crippen LogP contribution in [0.25, 0.3) is 10.9 Å². The molecule has 2 aromatic carbocycles. The molecule has 3 aromatic rings. The van der Waals surface area contributed by atoms with E-state index < -0.39 is 46.3 Å². The van der Waals surface area contributed by atoms with Crippen LogP contribution in [-0.4, -0.2) is 83.6 Å². The zero-order valence-electron chi connectivity index (χ0n) is 23.1. The van der Waals surface area contributed by atoms with Crippen LogP contribution in [0, 0.1) is 11.6 Å². The van der Waals surface area contributed by atoms with E-state index in [1.165, 1.54) is 25.4 Å². The topological polar surface area (TPSA) is 151 Å². The summed E-state index contributed by atoms with van der Waals surface area (Å²) >= 11 is 0. The van der Waals surface area contributed by atoms with E-state index in [0.717, 1.165) is 29.9 Å². The van der Waals surface area contributed by atoms with Gasteiger partial charge in [0.05, 0.1) is 42.9 Å². The Morgan fingerprint density at radius 3 is 2.60 bits per heavy atom. The van der Waals surface area contributed by atoms with Gasteiger partial charge in [-0.05, 0) is 37.5 Å². The van der Waals surface area contributed by atoms with E-state index in [-0.39, 0.29) is 79.1 Å². The number of fused-ring (bicyclic) bond motifs is 1. The molecule has 6 rings (SSSR count). The third kappa shape index (κ3) is 4.99. The molecule has 3 aliphatic rings. The summed E-state index contributed by atoms with van der Waals surface area (Å²) in [5.41, 5.74) is -2.34. The summed E-state index contributed by atoms with van der Waals surface area (Å²) in [5.74, 6) is -3.16. The number of benzene rings is 2. The van der Waals surface area contributed by atoms with Crippen LogP contribution in [-0.2, 0) is 4.74 Å². The van der Waals surface area contributed by atoms with Gasteiger partial charge in [-0.3, -0.25) is 9.69 Å². The molecule has 0 radical (unpaired) electrons. The Morgan fingerprint density at radius 1 is 1.19 bits per heavy atom. The van der Waals surface area contributed by atoms with E-state index in [4.69, 9.17) is 14.2 Å². The molecule has 3 N–H and O–H groups in total. The van der Waals surface area contributed by atoms with Crippen LogP contribution >= 0.6 is 0 Å². The maximum Gasteiger partial charge on any atom is 0.414 e. The fourth-order valence-corrected chi connectivity index (χ4v) is 5.77. The van der Waals surface area contributed by atoms with Gasteiger partial charge in [0.2, 0.25) is 5.43 Å². The fourth-order valence-electron chi connectivity index (χ4n) is 5.77. The highest BCUT2D eigenvalue weighted by Crippen LogP contribution is 2.45. The number of ether oxygens (including phenoxy) is 3. The highest BCUT2D eigenvalue weighted by Gasteiger charge is 2.41. The number of aromatic nitrogens is 1. The molecule has 3 heterocycles. The maximum absolute atomic E-state index is 15.7. The van der Waals surface area contributed by atoms with Crippen LogP contribution in [0.5, 0.6) is 11.5 Å². The highest BCUT2D eigenvalue weighted by molar-refractivity contribution is 5.97. The lowest BCUT2D eigenvalue weighted by atomic mass is 10.1. The Labute approximate surface area is 243 Å². The van der Waals surface area contributed by atoms with E-state index in [2.05, 4.69) is 0 Å². The van der Waals surface area contributed by atoms with Gasteiger partial charge in [0.25, 0.3) is 0 Å². The number of cyclic esters (lactones) is 1. The molecule has 1 aromatic heterocycles. The van der Waals surface area contributed by atoms with Crippen molar-refractivity contribution in [2.45, 2.75) is 36.9 Å². The maximum atomic E-state index is 15.7. The van der Waals surface area contributed by atoms with Crippen molar-refractivity contribution in [2.75, 3.05) is 49.8 Å². The van der Waals surface area contributed by atoms with Crippen LogP contribution in [0.3, 0.4) is 0 Å². The molecule has 2 saturated heterocycles. The molecule has 1 saturated carbocycles. The first-order valence-electron chi connectivity index (χ1n) is 13.7. The molecule has 0 unspecified atom stereocenters. The van der Waals surface area contributed by atoms with E-state index in [1.807, 2.05) is 0 Å². The summed E-state index contributed by atoms with van der Waals surface area (Å²) < 4.78 is 48.4. The van der Waals surface area contributed by atoms with Crippen LogP contribution in [0.2, 0.25) is 0 Å². The molecule has 2 atom stereocenters. The molecular weight excluding hydrogens is 572 g/mol. The number of carbonyl (C=O) groups excluding carboxylic acids is 1. The summed E-state index contributed by atoms with van der Waals surface area (Å²) in [5, 5.41) is 30.2. The number of β-amino-alcohol motifs (C(OH)–C–C–N with tert-alkyl or cyclic N) is 1. The Balaban J connectivity index is 1.25. The summed E-state index contributed by atoms with van der Waals surface area (Å²) in [4.78, 5) is 39.4. The van der Waals surface area contributed by atoms with Crippen molar-refractivity contribution in [3.8, 4) is 11.5 Å². The first kappa shape index (κ1) is 28.7. The molecule has 2 aliphatic heterocycles. The third-order valence-corrected chi connectivity index (χ3v) is 8.08. The number of methoxy groups -OCH3 is 1. The number of carboxylic acids is 1. The van der Waals surface area contributed by atoms with Gasteiger partial charge >= 0.3 is 12.1 Å². The summed E-state index contributed by atoms with van der Waals surface area (Å²) in [7, 11) is 1.33. The molecule has 0 spiro atoms. The standard InChI is InChI=1S/C29H29F2N3O9/c1-41-26-23-18(25(36)19(27(37)38)10-33(23)15-2-3-15)9-21(31)24(26)32-7-6-29(40,13-32)14-43-22-5-4-16(8-20(22)30)34-17(11-35)12-42-28(34)39/h4-5,8-10,15,17,35,40H,2-3,6-7,11-14H2,1H3,(H,37,38)/t17-,29+/m0/s1. The number of carbonyl (C=O) groups is 2. The second-order valence-corrected chi connectivity index (χ2v) is 11.0. The second-order valence-electron chi connectivity index (χ2n) is 11.0. The third-order valence-electron chi connectivity index (χ3n) is 8.08. The minimum absolute atomic E-state index is 0.00858. The largest absolute Gasteiger partial charge is 0.492 e. The summed E-state index contributed by atoms with van der Waals surface area (Å²) in [6.07, 6.45) is 2.21. The lowest BCUT2D eigenvalue weighted by Crippen LogP contribution is -2.39. The number of halogens is 2. The Bertz CT molecular complexity index is 1690. The molecule has 228 valence electrons. The second kappa shape index (κ2) is 10.7. The van der Waals surface area contributed by atoms with Gasteiger partial charge in [-0.25, -0.2) is 18.4 Å². The smallest absolute Gasteiger partial charge is 0.414 e.